The molecule has 3 rings (SSSR count). The van der Waals surface area contributed by atoms with E-state index in [9.17, 15) is 0 Å². The number of benzene rings is 2. The maximum Gasteiger partial charge on any atom is 0.122 e. The zero-order valence-electron chi connectivity index (χ0n) is 11.8. The number of hydrogen-bond acceptors (Lipinski definition) is 2. The third-order valence-electron chi connectivity index (χ3n) is 3.39. The quantitative estimate of drug-likeness (QED) is 0.674. The largest absolute Gasteiger partial charge is 0.489 e. The summed E-state index contributed by atoms with van der Waals surface area (Å²) >= 11 is 6.29. The summed E-state index contributed by atoms with van der Waals surface area (Å²) in [5.74, 6) is 0.808. The van der Waals surface area contributed by atoms with Gasteiger partial charge >= 0.3 is 0 Å². The molecule has 2 nitrogen and oxygen atoms in total. The van der Waals surface area contributed by atoms with Crippen LogP contribution < -0.4 is 4.74 Å². The topological polar surface area (TPSA) is 22.1 Å². The van der Waals surface area contributed by atoms with Crippen LogP contribution in [0.2, 0.25) is 5.02 Å². The Labute approximate surface area is 129 Å². The predicted molar refractivity (Wildman–Crippen MR) is 86.9 cm³/mol. The minimum Gasteiger partial charge on any atom is -0.489 e. The lowest BCUT2D eigenvalue weighted by Crippen LogP contribution is -1.96. The van der Waals surface area contributed by atoms with Crippen molar-refractivity contribution in [2.45, 2.75) is 20.0 Å². The number of aryl methyl sites for hydroxylation is 1. The molecule has 0 unspecified atom stereocenters. The van der Waals surface area contributed by atoms with Crippen molar-refractivity contribution in [1.82, 2.24) is 4.98 Å². The van der Waals surface area contributed by atoms with Gasteiger partial charge in [-0.15, -0.1) is 0 Å². The van der Waals surface area contributed by atoms with Crippen molar-refractivity contribution in [2.75, 3.05) is 0 Å². The number of halogens is 1. The summed E-state index contributed by atoms with van der Waals surface area (Å²) in [4.78, 5) is 4.61. The molecular formula is C18H16ClNO. The highest BCUT2D eigenvalue weighted by molar-refractivity contribution is 6.35. The molecule has 0 aliphatic carbocycles. The van der Waals surface area contributed by atoms with Gasteiger partial charge in [0.05, 0.1) is 10.5 Å². The maximum absolute atomic E-state index is 6.29. The number of nitrogens with zero attached hydrogens (tertiary/aromatic N) is 1. The van der Waals surface area contributed by atoms with E-state index in [1.54, 1.807) is 0 Å². The van der Waals surface area contributed by atoms with Crippen molar-refractivity contribution in [3.05, 3.63) is 70.9 Å². The summed E-state index contributed by atoms with van der Waals surface area (Å²) in [6, 6.07) is 17.9. The van der Waals surface area contributed by atoms with E-state index in [2.05, 4.69) is 11.9 Å². The molecule has 2 aromatic carbocycles. The third-order valence-corrected chi connectivity index (χ3v) is 3.71. The summed E-state index contributed by atoms with van der Waals surface area (Å²) in [5, 5.41) is 1.70. The molecule has 3 aromatic rings. The lowest BCUT2D eigenvalue weighted by atomic mass is 10.1. The van der Waals surface area contributed by atoms with Crippen molar-refractivity contribution in [3.63, 3.8) is 0 Å². The molecule has 0 aliphatic rings. The van der Waals surface area contributed by atoms with E-state index >= 15 is 0 Å². The van der Waals surface area contributed by atoms with E-state index in [4.69, 9.17) is 16.3 Å². The average Bonchev–Trinajstić information content (AvgIpc) is 2.53. The van der Waals surface area contributed by atoms with Gasteiger partial charge in [0.25, 0.3) is 0 Å². The summed E-state index contributed by atoms with van der Waals surface area (Å²) in [6.45, 7) is 2.62. The van der Waals surface area contributed by atoms with Gasteiger partial charge in [-0.2, -0.15) is 0 Å². The number of rotatable bonds is 4. The first-order valence-corrected chi connectivity index (χ1v) is 7.40. The molecule has 1 heterocycles. The van der Waals surface area contributed by atoms with Gasteiger partial charge in [-0.1, -0.05) is 48.9 Å². The Bertz CT molecular complexity index is 756. The van der Waals surface area contributed by atoms with E-state index in [0.29, 0.717) is 6.61 Å². The Hall–Kier alpha value is -2.06. The van der Waals surface area contributed by atoms with Crippen LogP contribution in [0.1, 0.15) is 18.2 Å². The summed E-state index contributed by atoms with van der Waals surface area (Å²) in [5.41, 5.74) is 3.02. The lowest BCUT2D eigenvalue weighted by molar-refractivity contribution is 0.306. The molecule has 0 saturated carbocycles. The normalized spacial score (nSPS) is 10.8. The minimum absolute atomic E-state index is 0.549. The smallest absolute Gasteiger partial charge is 0.122 e. The molecular weight excluding hydrogens is 282 g/mol. The Balaban J connectivity index is 1.86. The first-order valence-electron chi connectivity index (χ1n) is 7.02. The Kier molecular flexibility index (Phi) is 4.07. The van der Waals surface area contributed by atoms with E-state index < -0.39 is 0 Å². The summed E-state index contributed by atoms with van der Waals surface area (Å²) in [7, 11) is 0. The molecule has 0 atom stereocenters. The van der Waals surface area contributed by atoms with E-state index in [-0.39, 0.29) is 0 Å². The van der Waals surface area contributed by atoms with Gasteiger partial charge in [-0.25, -0.2) is 0 Å². The van der Waals surface area contributed by atoms with Crippen molar-refractivity contribution >= 4 is 22.5 Å². The second-order valence-corrected chi connectivity index (χ2v) is 5.31. The Morgan fingerprint density at radius 3 is 2.62 bits per heavy atom. The number of pyridine rings is 1. The van der Waals surface area contributed by atoms with Gasteiger partial charge in [-0.3, -0.25) is 4.98 Å². The fourth-order valence-corrected chi connectivity index (χ4v) is 2.51. The summed E-state index contributed by atoms with van der Waals surface area (Å²) in [6.07, 6.45) is 0.866. The van der Waals surface area contributed by atoms with Crippen LogP contribution in [0.5, 0.6) is 5.75 Å². The highest BCUT2D eigenvalue weighted by Crippen LogP contribution is 2.27. The van der Waals surface area contributed by atoms with Crippen LogP contribution in [0.4, 0.5) is 0 Å². The lowest BCUT2D eigenvalue weighted by Gasteiger charge is -2.09. The maximum atomic E-state index is 6.29. The Morgan fingerprint density at radius 2 is 1.86 bits per heavy atom. The molecule has 0 bridgehead atoms. The van der Waals surface area contributed by atoms with Crippen LogP contribution in [0.25, 0.3) is 10.9 Å². The highest BCUT2D eigenvalue weighted by Gasteiger charge is 2.05. The Morgan fingerprint density at radius 1 is 1.05 bits per heavy atom. The fourth-order valence-electron chi connectivity index (χ4n) is 2.23. The van der Waals surface area contributed by atoms with Crippen molar-refractivity contribution in [3.8, 4) is 5.75 Å². The standard InChI is InChI=1S/C18H16ClNO/c1-2-14-10-17(19)16-9-8-15(11-18(16)20-14)21-12-13-6-4-3-5-7-13/h3-11H,2,12H2,1H3. The number of fused-ring (bicyclic) bond motifs is 1. The van der Waals surface area contributed by atoms with Gasteiger partial charge < -0.3 is 4.74 Å². The van der Waals surface area contributed by atoms with Crippen LogP contribution in [0.15, 0.2) is 54.6 Å². The molecule has 0 spiro atoms. The monoisotopic (exact) mass is 297 g/mol. The zero-order chi connectivity index (χ0) is 14.7. The zero-order valence-corrected chi connectivity index (χ0v) is 12.6. The average molecular weight is 298 g/mol. The first-order chi connectivity index (χ1) is 10.3. The van der Waals surface area contributed by atoms with Crippen LogP contribution in [-0.4, -0.2) is 4.98 Å². The van der Waals surface area contributed by atoms with Crippen LogP contribution >= 0.6 is 11.6 Å². The first kappa shape index (κ1) is 13.9. The molecule has 0 aliphatic heterocycles. The minimum atomic E-state index is 0.549. The summed E-state index contributed by atoms with van der Waals surface area (Å²) < 4.78 is 5.83. The van der Waals surface area contributed by atoms with Crippen molar-refractivity contribution < 1.29 is 4.74 Å². The molecule has 21 heavy (non-hydrogen) atoms. The van der Waals surface area contributed by atoms with Crippen LogP contribution in [0.3, 0.4) is 0 Å². The van der Waals surface area contributed by atoms with Crippen LogP contribution in [0, 0.1) is 0 Å². The van der Waals surface area contributed by atoms with Gasteiger partial charge in [-0.05, 0) is 30.2 Å². The number of aromatic nitrogens is 1. The van der Waals surface area contributed by atoms with E-state index in [0.717, 1.165) is 39.4 Å². The van der Waals surface area contributed by atoms with Crippen molar-refractivity contribution in [1.29, 1.82) is 0 Å². The van der Waals surface area contributed by atoms with Gasteiger partial charge in [0.1, 0.15) is 12.4 Å². The molecule has 0 amide bonds. The van der Waals surface area contributed by atoms with Gasteiger partial charge in [0, 0.05) is 17.1 Å². The fraction of sp³-hybridized carbons (Fsp3) is 0.167. The number of ether oxygens (including phenoxy) is 1. The molecule has 0 N–H and O–H groups in total. The van der Waals surface area contributed by atoms with E-state index in [1.807, 2.05) is 54.6 Å². The van der Waals surface area contributed by atoms with Gasteiger partial charge in [0.15, 0.2) is 0 Å². The van der Waals surface area contributed by atoms with E-state index in [1.165, 1.54) is 0 Å². The molecule has 0 saturated heterocycles. The SMILES string of the molecule is CCc1cc(Cl)c2ccc(OCc3ccccc3)cc2n1. The van der Waals surface area contributed by atoms with Crippen molar-refractivity contribution in [2.24, 2.45) is 0 Å². The molecule has 106 valence electrons. The third kappa shape index (κ3) is 3.17. The van der Waals surface area contributed by atoms with Crippen LogP contribution in [-0.2, 0) is 13.0 Å². The molecule has 1 aromatic heterocycles. The predicted octanol–water partition coefficient (Wildman–Crippen LogP) is 5.03. The molecule has 3 heteroatoms. The second-order valence-electron chi connectivity index (χ2n) is 4.90. The number of hydrogen-bond donors (Lipinski definition) is 0. The van der Waals surface area contributed by atoms with Gasteiger partial charge in [0.2, 0.25) is 0 Å². The molecule has 0 radical (unpaired) electrons. The second kappa shape index (κ2) is 6.15. The molecule has 0 fully saturated rings. The highest BCUT2D eigenvalue weighted by atomic mass is 35.5.